The molecule has 2 aliphatic rings. The standard InChI is InChI=1S/C51H30N2/c1-2-14-31(15-3-1)49-41-22-10-13-25-46(41)52-50(53-49)33-27-26-32-29-42-45(30-34(32)28-33)51(43-23-11-8-18-37(43)38-19-9-12-24-44(38)51)48-40-21-7-5-17-36(40)35-16-4-6-20-39(35)47(42)48/h1-30H. The van der Waals surface area contributed by atoms with Crippen molar-refractivity contribution in [2.45, 2.75) is 5.41 Å². The van der Waals surface area contributed by atoms with E-state index in [4.69, 9.17) is 9.97 Å². The first-order valence-electron chi connectivity index (χ1n) is 18.3. The summed E-state index contributed by atoms with van der Waals surface area (Å²) in [6, 6.07) is 66.6. The number of hydrogen-bond acceptors (Lipinski definition) is 2. The molecular formula is C51H30N2. The molecule has 0 aliphatic heterocycles. The topological polar surface area (TPSA) is 25.8 Å². The second-order valence-electron chi connectivity index (χ2n) is 14.4. The van der Waals surface area contributed by atoms with Crippen molar-refractivity contribution in [3.8, 4) is 44.9 Å². The highest BCUT2D eigenvalue weighted by molar-refractivity contribution is 6.20. The molecule has 0 atom stereocenters. The second kappa shape index (κ2) is 10.6. The minimum absolute atomic E-state index is 0.481. The summed E-state index contributed by atoms with van der Waals surface area (Å²) in [6.07, 6.45) is 0. The third-order valence-electron chi connectivity index (χ3n) is 11.8. The Hall–Kier alpha value is -6.90. The van der Waals surface area contributed by atoms with Crippen molar-refractivity contribution >= 4 is 43.2 Å². The lowest BCUT2D eigenvalue weighted by Crippen LogP contribution is -2.26. The highest BCUT2D eigenvalue weighted by Crippen LogP contribution is 2.65. The molecule has 2 nitrogen and oxygen atoms in total. The van der Waals surface area contributed by atoms with Crippen LogP contribution in [0.2, 0.25) is 0 Å². The van der Waals surface area contributed by atoms with Gasteiger partial charge in [0.25, 0.3) is 0 Å². The molecule has 1 heterocycles. The average molecular weight is 671 g/mol. The Morgan fingerprint density at radius 2 is 0.962 bits per heavy atom. The van der Waals surface area contributed by atoms with E-state index in [1.54, 1.807) is 0 Å². The molecule has 0 amide bonds. The molecule has 0 bridgehead atoms. The van der Waals surface area contributed by atoms with E-state index in [9.17, 15) is 0 Å². The maximum atomic E-state index is 5.24. The van der Waals surface area contributed by atoms with Crippen LogP contribution in [0.25, 0.3) is 88.1 Å². The molecule has 9 aromatic carbocycles. The van der Waals surface area contributed by atoms with Crippen LogP contribution in [-0.4, -0.2) is 9.97 Å². The van der Waals surface area contributed by atoms with Crippen LogP contribution in [-0.2, 0) is 5.41 Å². The molecule has 244 valence electrons. The van der Waals surface area contributed by atoms with E-state index < -0.39 is 5.41 Å². The predicted molar refractivity (Wildman–Crippen MR) is 219 cm³/mol. The maximum absolute atomic E-state index is 5.24. The molecule has 1 spiro atoms. The lowest BCUT2D eigenvalue weighted by Gasteiger charge is -2.32. The van der Waals surface area contributed by atoms with Gasteiger partial charge in [-0.2, -0.15) is 0 Å². The van der Waals surface area contributed by atoms with Gasteiger partial charge in [0.2, 0.25) is 0 Å². The quantitative estimate of drug-likeness (QED) is 0.171. The lowest BCUT2D eigenvalue weighted by atomic mass is 9.69. The molecule has 0 saturated carbocycles. The number of benzene rings is 9. The number of aromatic nitrogens is 2. The second-order valence-corrected chi connectivity index (χ2v) is 14.4. The fourth-order valence-corrected chi connectivity index (χ4v) is 9.72. The number of para-hydroxylation sites is 1. The van der Waals surface area contributed by atoms with Crippen LogP contribution in [0.15, 0.2) is 182 Å². The molecule has 0 radical (unpaired) electrons. The van der Waals surface area contributed by atoms with Crippen LogP contribution in [0, 0.1) is 0 Å². The minimum atomic E-state index is -0.481. The number of fused-ring (bicyclic) bond motifs is 17. The molecule has 53 heavy (non-hydrogen) atoms. The normalized spacial score (nSPS) is 13.4. The van der Waals surface area contributed by atoms with Crippen LogP contribution in [0.1, 0.15) is 22.3 Å². The molecule has 0 saturated heterocycles. The van der Waals surface area contributed by atoms with Crippen molar-refractivity contribution in [1.82, 2.24) is 9.97 Å². The van der Waals surface area contributed by atoms with Gasteiger partial charge in [-0.15, -0.1) is 0 Å². The predicted octanol–water partition coefficient (Wildman–Crippen LogP) is 12.8. The fraction of sp³-hybridized carbons (Fsp3) is 0.0196. The minimum Gasteiger partial charge on any atom is -0.228 e. The van der Waals surface area contributed by atoms with Gasteiger partial charge in [-0.05, 0) is 101 Å². The zero-order chi connectivity index (χ0) is 34.7. The first kappa shape index (κ1) is 28.8. The maximum Gasteiger partial charge on any atom is 0.160 e. The zero-order valence-corrected chi connectivity index (χ0v) is 28.7. The third-order valence-corrected chi connectivity index (χ3v) is 11.8. The summed E-state index contributed by atoms with van der Waals surface area (Å²) in [6.45, 7) is 0. The van der Waals surface area contributed by atoms with Crippen LogP contribution in [0.3, 0.4) is 0 Å². The van der Waals surface area contributed by atoms with Gasteiger partial charge in [0, 0.05) is 16.5 Å². The van der Waals surface area contributed by atoms with Crippen molar-refractivity contribution < 1.29 is 0 Å². The first-order chi connectivity index (χ1) is 26.3. The van der Waals surface area contributed by atoms with Crippen molar-refractivity contribution in [3.63, 3.8) is 0 Å². The van der Waals surface area contributed by atoms with Crippen LogP contribution >= 0.6 is 0 Å². The summed E-state index contributed by atoms with van der Waals surface area (Å²) in [5.74, 6) is 0.733. The molecule has 10 aromatic rings. The van der Waals surface area contributed by atoms with E-state index in [1.807, 2.05) is 6.07 Å². The van der Waals surface area contributed by atoms with E-state index in [2.05, 4.69) is 176 Å². The first-order valence-corrected chi connectivity index (χ1v) is 18.3. The summed E-state index contributed by atoms with van der Waals surface area (Å²) in [4.78, 5) is 10.4. The molecule has 12 rings (SSSR count). The number of rotatable bonds is 2. The van der Waals surface area contributed by atoms with E-state index in [0.29, 0.717) is 0 Å². The summed E-state index contributed by atoms with van der Waals surface area (Å²) in [7, 11) is 0. The molecular weight excluding hydrogens is 641 g/mol. The molecule has 0 N–H and O–H groups in total. The Labute approximate surface area is 306 Å². The molecule has 0 unspecified atom stereocenters. The number of hydrogen-bond donors (Lipinski definition) is 0. The lowest BCUT2D eigenvalue weighted by molar-refractivity contribution is 0.803. The van der Waals surface area contributed by atoms with Crippen molar-refractivity contribution in [2.75, 3.05) is 0 Å². The van der Waals surface area contributed by atoms with Gasteiger partial charge in [-0.3, -0.25) is 0 Å². The largest absolute Gasteiger partial charge is 0.228 e. The highest BCUT2D eigenvalue weighted by Gasteiger charge is 2.53. The van der Waals surface area contributed by atoms with E-state index in [0.717, 1.165) is 33.5 Å². The molecule has 1 aromatic heterocycles. The Kier molecular flexibility index (Phi) is 5.73. The van der Waals surface area contributed by atoms with E-state index >= 15 is 0 Å². The van der Waals surface area contributed by atoms with Gasteiger partial charge in [-0.25, -0.2) is 9.97 Å². The van der Waals surface area contributed by atoms with Crippen LogP contribution in [0.4, 0.5) is 0 Å². The van der Waals surface area contributed by atoms with Crippen molar-refractivity contribution in [1.29, 1.82) is 0 Å². The third kappa shape index (κ3) is 3.77. The van der Waals surface area contributed by atoms with Gasteiger partial charge >= 0.3 is 0 Å². The monoisotopic (exact) mass is 670 g/mol. The number of nitrogens with zero attached hydrogens (tertiary/aromatic N) is 2. The van der Waals surface area contributed by atoms with Gasteiger partial charge in [-0.1, -0.05) is 158 Å². The van der Waals surface area contributed by atoms with Gasteiger partial charge in [0.1, 0.15) is 0 Å². The van der Waals surface area contributed by atoms with Crippen molar-refractivity contribution in [3.05, 3.63) is 204 Å². The van der Waals surface area contributed by atoms with Gasteiger partial charge in [0.05, 0.1) is 16.6 Å². The zero-order valence-electron chi connectivity index (χ0n) is 28.7. The smallest absolute Gasteiger partial charge is 0.160 e. The molecule has 0 fully saturated rings. The SMILES string of the molecule is c1ccc(-c2nc(-c3ccc4cc5c(cc4c3)C3(c4ccccc4-c4ccccc43)c3c-5c4ccccc4c4ccccc34)nc3ccccc23)cc1. The Balaban J connectivity index is 1.19. The fourth-order valence-electron chi connectivity index (χ4n) is 9.72. The Bertz CT molecular complexity index is 3130. The van der Waals surface area contributed by atoms with Crippen LogP contribution < -0.4 is 0 Å². The summed E-state index contributed by atoms with van der Waals surface area (Å²) in [5.41, 5.74) is 14.2. The summed E-state index contributed by atoms with van der Waals surface area (Å²) in [5, 5.41) is 8.65. The van der Waals surface area contributed by atoms with E-state index in [-0.39, 0.29) is 0 Å². The summed E-state index contributed by atoms with van der Waals surface area (Å²) < 4.78 is 0. The Morgan fingerprint density at radius 3 is 1.72 bits per heavy atom. The molecule has 2 aliphatic carbocycles. The Morgan fingerprint density at radius 1 is 0.358 bits per heavy atom. The van der Waals surface area contributed by atoms with E-state index in [1.165, 1.54) is 76.8 Å². The van der Waals surface area contributed by atoms with Crippen molar-refractivity contribution in [2.24, 2.45) is 0 Å². The molecule has 2 heteroatoms. The highest BCUT2D eigenvalue weighted by atomic mass is 14.9. The van der Waals surface area contributed by atoms with Gasteiger partial charge < -0.3 is 0 Å². The average Bonchev–Trinajstić information content (AvgIpc) is 3.70. The van der Waals surface area contributed by atoms with Gasteiger partial charge in [0.15, 0.2) is 5.82 Å². The summed E-state index contributed by atoms with van der Waals surface area (Å²) >= 11 is 0. The van der Waals surface area contributed by atoms with Crippen LogP contribution in [0.5, 0.6) is 0 Å².